The molecule has 0 radical (unpaired) electrons. The molecule has 0 aliphatic rings. The number of rotatable bonds is 7. The fourth-order valence-corrected chi connectivity index (χ4v) is 4.12. The van der Waals surface area contributed by atoms with Crippen molar-refractivity contribution in [1.29, 1.82) is 0 Å². The van der Waals surface area contributed by atoms with E-state index in [-0.39, 0.29) is 12.3 Å². The first-order valence-corrected chi connectivity index (χ1v) is 11.5. The number of amides is 2. The number of aromatic amines is 1. The quantitative estimate of drug-likeness (QED) is 0.275. The minimum atomic E-state index is -0.522. The predicted octanol–water partition coefficient (Wildman–Crippen LogP) is 5.44. The van der Waals surface area contributed by atoms with E-state index >= 15 is 0 Å². The van der Waals surface area contributed by atoms with Gasteiger partial charge in [0.1, 0.15) is 5.65 Å². The molecule has 0 spiro atoms. The Balaban J connectivity index is 1.34. The summed E-state index contributed by atoms with van der Waals surface area (Å²) < 4.78 is 0. The number of hydrogen-bond donors (Lipinski definition) is 3. The number of hydrogen-bond acceptors (Lipinski definition) is 3. The zero-order valence-corrected chi connectivity index (χ0v) is 19.4. The van der Waals surface area contributed by atoms with E-state index in [1.54, 1.807) is 18.5 Å². The van der Waals surface area contributed by atoms with Crippen LogP contribution in [0, 0.1) is 0 Å². The van der Waals surface area contributed by atoms with Gasteiger partial charge in [-0.05, 0) is 34.4 Å². The van der Waals surface area contributed by atoms with E-state index in [9.17, 15) is 9.59 Å². The minimum absolute atomic E-state index is 0.140. The van der Waals surface area contributed by atoms with Gasteiger partial charge < -0.3 is 16.0 Å². The topological polar surface area (TPSA) is 101 Å². The van der Waals surface area contributed by atoms with Crippen molar-refractivity contribution in [3.05, 3.63) is 120 Å². The van der Waals surface area contributed by atoms with Crippen LogP contribution in [0.1, 0.15) is 16.7 Å². The van der Waals surface area contributed by atoms with Crippen LogP contribution < -0.4 is 11.1 Å². The van der Waals surface area contributed by atoms with Crippen molar-refractivity contribution >= 4 is 40.2 Å². The van der Waals surface area contributed by atoms with Crippen LogP contribution in [-0.4, -0.2) is 21.8 Å². The van der Waals surface area contributed by atoms with Crippen LogP contribution >= 0.6 is 0 Å². The minimum Gasteiger partial charge on any atom is -0.366 e. The van der Waals surface area contributed by atoms with E-state index < -0.39 is 5.91 Å². The highest BCUT2D eigenvalue weighted by Crippen LogP contribution is 2.26. The van der Waals surface area contributed by atoms with Crippen LogP contribution in [0.5, 0.6) is 0 Å². The largest absolute Gasteiger partial charge is 0.366 e. The summed E-state index contributed by atoms with van der Waals surface area (Å²) >= 11 is 0. The number of primary amides is 1. The molecule has 0 unspecified atom stereocenters. The molecular weight excluding hydrogens is 448 g/mol. The van der Waals surface area contributed by atoms with Gasteiger partial charge in [-0.25, -0.2) is 4.98 Å². The smallest absolute Gasteiger partial charge is 0.249 e. The van der Waals surface area contributed by atoms with Gasteiger partial charge in [0, 0.05) is 22.7 Å². The maximum Gasteiger partial charge on any atom is 0.249 e. The standard InChI is InChI=1S/C30H24N4O2/c31-29(36)26(23-9-5-2-6-10-23)16-24-18-32-30-27(24)17-25(19-33-30)34-28(35)15-20-11-13-22(14-12-20)21-7-3-1-4-8-21/h1-14,16-19H,15H2,(H2,31,36)(H,32,33)(H,34,35). The molecule has 5 rings (SSSR count). The molecule has 2 amide bonds. The van der Waals surface area contributed by atoms with Gasteiger partial charge in [0.15, 0.2) is 0 Å². The lowest BCUT2D eigenvalue weighted by molar-refractivity contribution is -0.115. The highest BCUT2D eigenvalue weighted by molar-refractivity contribution is 6.24. The number of nitrogens with zero attached hydrogens (tertiary/aromatic N) is 1. The van der Waals surface area contributed by atoms with E-state index in [0.29, 0.717) is 16.9 Å². The Bertz CT molecular complexity index is 1550. The summed E-state index contributed by atoms with van der Waals surface area (Å²) in [5, 5.41) is 3.70. The number of carbonyl (C=O) groups is 2. The fraction of sp³-hybridized carbons (Fsp3) is 0.0333. The molecule has 0 saturated heterocycles. The summed E-state index contributed by atoms with van der Waals surface area (Å²) in [7, 11) is 0. The number of anilines is 1. The van der Waals surface area contributed by atoms with Gasteiger partial charge in [0.05, 0.1) is 18.3 Å². The third-order valence-electron chi connectivity index (χ3n) is 5.92. The van der Waals surface area contributed by atoms with Gasteiger partial charge in [-0.1, -0.05) is 84.9 Å². The molecule has 0 saturated carbocycles. The molecule has 0 fully saturated rings. The molecule has 6 heteroatoms. The van der Waals surface area contributed by atoms with Crippen molar-refractivity contribution < 1.29 is 9.59 Å². The van der Waals surface area contributed by atoms with Gasteiger partial charge in [0.25, 0.3) is 0 Å². The first-order chi connectivity index (χ1) is 17.6. The van der Waals surface area contributed by atoms with Gasteiger partial charge in [0.2, 0.25) is 11.8 Å². The van der Waals surface area contributed by atoms with Gasteiger partial charge in [-0.3, -0.25) is 9.59 Å². The van der Waals surface area contributed by atoms with Crippen LogP contribution in [0.15, 0.2) is 103 Å². The normalized spacial score (nSPS) is 11.4. The summed E-state index contributed by atoms with van der Waals surface area (Å²) in [4.78, 5) is 32.4. The number of aromatic nitrogens is 2. The predicted molar refractivity (Wildman–Crippen MR) is 144 cm³/mol. The molecule has 3 aromatic carbocycles. The third-order valence-corrected chi connectivity index (χ3v) is 5.92. The Hall–Kier alpha value is -4.97. The Morgan fingerprint density at radius 2 is 1.56 bits per heavy atom. The SMILES string of the molecule is NC(=O)C(=Cc1c[nH]c2ncc(NC(=O)Cc3ccc(-c4ccccc4)cc3)cc12)c1ccccc1. The van der Waals surface area contributed by atoms with Crippen molar-refractivity contribution in [2.45, 2.75) is 6.42 Å². The van der Waals surface area contributed by atoms with Crippen molar-refractivity contribution in [2.24, 2.45) is 5.73 Å². The lowest BCUT2D eigenvalue weighted by Gasteiger charge is -2.07. The lowest BCUT2D eigenvalue weighted by Crippen LogP contribution is -2.14. The van der Waals surface area contributed by atoms with Crippen LogP contribution in [0.2, 0.25) is 0 Å². The molecule has 2 heterocycles. The van der Waals surface area contributed by atoms with E-state index in [4.69, 9.17) is 5.73 Å². The highest BCUT2D eigenvalue weighted by Gasteiger charge is 2.12. The molecule has 0 atom stereocenters. The summed E-state index contributed by atoms with van der Waals surface area (Å²) in [5.41, 5.74) is 11.9. The summed E-state index contributed by atoms with van der Waals surface area (Å²) in [6, 6.07) is 29.2. The molecule has 0 aliphatic carbocycles. The lowest BCUT2D eigenvalue weighted by atomic mass is 10.0. The van der Waals surface area contributed by atoms with E-state index in [2.05, 4.69) is 27.4 Å². The van der Waals surface area contributed by atoms with Crippen molar-refractivity contribution in [1.82, 2.24) is 9.97 Å². The average Bonchev–Trinajstić information content (AvgIpc) is 3.30. The number of fused-ring (bicyclic) bond motifs is 1. The Morgan fingerprint density at radius 3 is 2.25 bits per heavy atom. The maximum atomic E-state index is 12.7. The Kier molecular flexibility index (Phi) is 6.40. The number of H-pyrrole nitrogens is 1. The number of pyridine rings is 1. The van der Waals surface area contributed by atoms with E-state index in [1.165, 1.54) is 0 Å². The summed E-state index contributed by atoms with van der Waals surface area (Å²) in [6.07, 6.45) is 5.35. The molecule has 36 heavy (non-hydrogen) atoms. The second-order valence-corrected chi connectivity index (χ2v) is 8.44. The molecule has 5 aromatic rings. The summed E-state index contributed by atoms with van der Waals surface area (Å²) in [5.74, 6) is -0.662. The molecule has 2 aromatic heterocycles. The van der Waals surface area contributed by atoms with Gasteiger partial charge in [-0.15, -0.1) is 0 Å². The average molecular weight is 473 g/mol. The van der Waals surface area contributed by atoms with Crippen LogP contribution in [0.3, 0.4) is 0 Å². The molecule has 0 aliphatic heterocycles. The Labute approximate surface area is 208 Å². The fourth-order valence-electron chi connectivity index (χ4n) is 4.12. The number of nitrogens with two attached hydrogens (primary N) is 1. The zero-order chi connectivity index (χ0) is 24.9. The number of nitrogens with one attached hydrogen (secondary N) is 2. The van der Waals surface area contributed by atoms with Crippen molar-refractivity contribution in [3.8, 4) is 11.1 Å². The zero-order valence-electron chi connectivity index (χ0n) is 19.4. The third kappa shape index (κ3) is 5.08. The van der Waals surface area contributed by atoms with Gasteiger partial charge >= 0.3 is 0 Å². The molecular formula is C30H24N4O2. The van der Waals surface area contributed by atoms with Crippen molar-refractivity contribution in [3.63, 3.8) is 0 Å². The first-order valence-electron chi connectivity index (χ1n) is 11.5. The van der Waals surface area contributed by atoms with E-state index in [0.717, 1.165) is 33.2 Å². The van der Waals surface area contributed by atoms with E-state index in [1.807, 2.05) is 78.9 Å². The first kappa shape index (κ1) is 22.8. The number of carbonyl (C=O) groups excluding carboxylic acids is 2. The van der Waals surface area contributed by atoms with Crippen LogP contribution in [0.4, 0.5) is 5.69 Å². The second kappa shape index (κ2) is 10.1. The molecule has 176 valence electrons. The van der Waals surface area contributed by atoms with Crippen molar-refractivity contribution in [2.75, 3.05) is 5.32 Å². The molecule has 0 bridgehead atoms. The number of benzene rings is 3. The van der Waals surface area contributed by atoms with Crippen LogP contribution in [0.25, 0.3) is 33.8 Å². The Morgan fingerprint density at radius 1 is 0.889 bits per heavy atom. The van der Waals surface area contributed by atoms with Gasteiger partial charge in [-0.2, -0.15) is 0 Å². The summed E-state index contributed by atoms with van der Waals surface area (Å²) in [6.45, 7) is 0. The molecule has 4 N–H and O–H groups in total. The highest BCUT2D eigenvalue weighted by atomic mass is 16.2. The second-order valence-electron chi connectivity index (χ2n) is 8.44. The maximum absolute atomic E-state index is 12.7. The monoisotopic (exact) mass is 472 g/mol. The van der Waals surface area contributed by atoms with Crippen LogP contribution in [-0.2, 0) is 16.0 Å². The molecule has 6 nitrogen and oxygen atoms in total.